The molecule has 5 nitrogen and oxygen atoms in total. The lowest BCUT2D eigenvalue weighted by molar-refractivity contribution is 0.408. The Bertz CT molecular complexity index is 731. The third-order valence-corrected chi connectivity index (χ3v) is 3.92. The third kappa shape index (κ3) is 3.00. The smallest absolute Gasteiger partial charge is 0.262 e. The van der Waals surface area contributed by atoms with Crippen LogP contribution in [0.5, 0.6) is 11.5 Å². The zero-order valence-electron chi connectivity index (χ0n) is 10.5. The highest BCUT2D eigenvalue weighted by Crippen LogP contribution is 2.29. The quantitative estimate of drug-likeness (QED) is 0.849. The van der Waals surface area contributed by atoms with E-state index in [-0.39, 0.29) is 16.3 Å². The van der Waals surface area contributed by atoms with Crippen molar-refractivity contribution in [1.29, 1.82) is 0 Å². The Morgan fingerprint density at radius 2 is 1.95 bits per heavy atom. The number of hydrogen-bond acceptors (Lipinski definition) is 4. The summed E-state index contributed by atoms with van der Waals surface area (Å²) in [5.74, 6) is -0.563. The average molecular weight is 297 g/mol. The molecule has 2 aromatic carbocycles. The van der Waals surface area contributed by atoms with Crippen LogP contribution in [0.4, 0.5) is 10.1 Å². The number of methoxy groups -OCH3 is 1. The Morgan fingerprint density at radius 1 is 1.20 bits per heavy atom. The van der Waals surface area contributed by atoms with E-state index in [1.165, 1.54) is 37.4 Å². The van der Waals surface area contributed by atoms with Gasteiger partial charge in [0.25, 0.3) is 10.0 Å². The molecule has 7 heteroatoms. The number of phenols is 1. The van der Waals surface area contributed by atoms with Gasteiger partial charge in [-0.2, -0.15) is 0 Å². The monoisotopic (exact) mass is 297 g/mol. The van der Waals surface area contributed by atoms with E-state index in [2.05, 4.69) is 4.72 Å². The molecule has 0 saturated heterocycles. The zero-order valence-corrected chi connectivity index (χ0v) is 11.3. The summed E-state index contributed by atoms with van der Waals surface area (Å²) < 4.78 is 44.2. The molecule has 0 heterocycles. The summed E-state index contributed by atoms with van der Waals surface area (Å²) in [6.07, 6.45) is 0. The van der Waals surface area contributed by atoms with Gasteiger partial charge in [-0.3, -0.25) is 4.72 Å². The van der Waals surface area contributed by atoms with Gasteiger partial charge in [0.15, 0.2) is 0 Å². The lowest BCUT2D eigenvalue weighted by Gasteiger charge is -2.10. The summed E-state index contributed by atoms with van der Waals surface area (Å²) >= 11 is 0. The summed E-state index contributed by atoms with van der Waals surface area (Å²) in [7, 11) is -2.55. The summed E-state index contributed by atoms with van der Waals surface area (Å²) in [6.45, 7) is 0. The van der Waals surface area contributed by atoms with Crippen LogP contribution in [0.15, 0.2) is 47.4 Å². The van der Waals surface area contributed by atoms with Crippen molar-refractivity contribution in [1.82, 2.24) is 0 Å². The first-order chi connectivity index (χ1) is 9.42. The molecular formula is C13H12FNO4S. The minimum atomic E-state index is -3.97. The number of sulfonamides is 1. The van der Waals surface area contributed by atoms with Crippen molar-refractivity contribution in [3.05, 3.63) is 48.3 Å². The molecule has 0 spiro atoms. The van der Waals surface area contributed by atoms with Crippen LogP contribution in [0.25, 0.3) is 0 Å². The van der Waals surface area contributed by atoms with Crippen LogP contribution >= 0.6 is 0 Å². The van der Waals surface area contributed by atoms with E-state index in [0.717, 1.165) is 12.1 Å². The third-order valence-electron chi connectivity index (χ3n) is 2.56. The van der Waals surface area contributed by atoms with Crippen molar-refractivity contribution < 1.29 is 22.7 Å². The first-order valence-corrected chi connectivity index (χ1v) is 7.06. The molecule has 0 atom stereocenters. The number of nitrogens with one attached hydrogen (secondary N) is 1. The molecule has 0 amide bonds. The minimum Gasteiger partial charge on any atom is -0.506 e. The highest BCUT2D eigenvalue weighted by Gasteiger charge is 2.16. The van der Waals surface area contributed by atoms with E-state index in [1.54, 1.807) is 0 Å². The van der Waals surface area contributed by atoms with Crippen molar-refractivity contribution in [3.63, 3.8) is 0 Å². The predicted molar refractivity (Wildman–Crippen MR) is 71.9 cm³/mol. The molecule has 2 rings (SSSR count). The highest BCUT2D eigenvalue weighted by molar-refractivity contribution is 7.92. The Hall–Kier alpha value is -2.28. The van der Waals surface area contributed by atoms with Crippen molar-refractivity contribution in [3.8, 4) is 11.5 Å². The van der Waals surface area contributed by atoms with Gasteiger partial charge >= 0.3 is 0 Å². The van der Waals surface area contributed by atoms with Crippen molar-refractivity contribution >= 4 is 15.7 Å². The SMILES string of the molecule is COc1ccc(NS(=O)(=O)c2cccc(F)c2)c(O)c1. The lowest BCUT2D eigenvalue weighted by Crippen LogP contribution is -2.13. The Labute approximate surface area is 115 Å². The zero-order chi connectivity index (χ0) is 14.8. The molecule has 2 N–H and O–H groups in total. The lowest BCUT2D eigenvalue weighted by atomic mass is 10.3. The summed E-state index contributed by atoms with van der Waals surface area (Å²) in [5, 5.41) is 9.71. The fourth-order valence-electron chi connectivity index (χ4n) is 1.56. The molecule has 0 aliphatic rings. The maximum atomic E-state index is 13.1. The van der Waals surface area contributed by atoms with E-state index < -0.39 is 15.8 Å². The van der Waals surface area contributed by atoms with Crippen molar-refractivity contribution in [2.75, 3.05) is 11.8 Å². The standard InChI is InChI=1S/C13H12FNO4S/c1-19-10-5-6-12(13(16)8-10)15-20(17,18)11-4-2-3-9(14)7-11/h2-8,15-16H,1H3. The van der Waals surface area contributed by atoms with Crippen LogP contribution in [0, 0.1) is 5.82 Å². The summed E-state index contributed by atoms with van der Waals surface area (Å²) in [4.78, 5) is -0.229. The fraction of sp³-hybridized carbons (Fsp3) is 0.0769. The first kappa shape index (κ1) is 14.1. The van der Waals surface area contributed by atoms with Crippen molar-refractivity contribution in [2.45, 2.75) is 4.90 Å². The average Bonchev–Trinajstić information content (AvgIpc) is 2.41. The number of hydrogen-bond donors (Lipinski definition) is 2. The van der Waals surface area contributed by atoms with Gasteiger partial charge in [-0.05, 0) is 30.3 Å². The van der Waals surface area contributed by atoms with E-state index in [0.29, 0.717) is 5.75 Å². The number of aromatic hydroxyl groups is 1. The Kier molecular flexibility index (Phi) is 3.80. The molecule has 0 bridgehead atoms. The number of phenolic OH excluding ortho intramolecular Hbond substituents is 1. The normalized spacial score (nSPS) is 11.1. The van der Waals surface area contributed by atoms with Gasteiger partial charge in [0.05, 0.1) is 17.7 Å². The van der Waals surface area contributed by atoms with Gasteiger partial charge in [0.2, 0.25) is 0 Å². The number of rotatable bonds is 4. The van der Waals surface area contributed by atoms with Gasteiger partial charge in [0.1, 0.15) is 17.3 Å². The molecule has 0 fully saturated rings. The number of ether oxygens (including phenoxy) is 1. The van der Waals surface area contributed by atoms with E-state index in [1.807, 2.05) is 0 Å². The van der Waals surface area contributed by atoms with Crippen LogP contribution in [-0.2, 0) is 10.0 Å². The summed E-state index contributed by atoms with van der Waals surface area (Å²) in [6, 6.07) is 8.69. The molecule has 20 heavy (non-hydrogen) atoms. The topological polar surface area (TPSA) is 75.6 Å². The summed E-state index contributed by atoms with van der Waals surface area (Å²) in [5.41, 5.74) is -0.0185. The second kappa shape index (κ2) is 5.38. The maximum absolute atomic E-state index is 13.1. The second-order valence-electron chi connectivity index (χ2n) is 3.95. The molecule has 0 aliphatic heterocycles. The van der Waals surface area contributed by atoms with E-state index in [4.69, 9.17) is 4.74 Å². The molecular weight excluding hydrogens is 285 g/mol. The van der Waals surface area contributed by atoms with E-state index in [9.17, 15) is 17.9 Å². The highest BCUT2D eigenvalue weighted by atomic mass is 32.2. The van der Waals surface area contributed by atoms with Crippen LogP contribution in [0.3, 0.4) is 0 Å². The Morgan fingerprint density at radius 3 is 2.55 bits per heavy atom. The van der Waals surface area contributed by atoms with Gasteiger partial charge in [-0.15, -0.1) is 0 Å². The molecule has 106 valence electrons. The largest absolute Gasteiger partial charge is 0.506 e. The number of halogens is 1. The number of anilines is 1. The van der Waals surface area contributed by atoms with Crippen LogP contribution in [-0.4, -0.2) is 20.6 Å². The van der Waals surface area contributed by atoms with Gasteiger partial charge < -0.3 is 9.84 Å². The van der Waals surface area contributed by atoms with Crippen molar-refractivity contribution in [2.24, 2.45) is 0 Å². The van der Waals surface area contributed by atoms with Crippen LogP contribution in [0.2, 0.25) is 0 Å². The maximum Gasteiger partial charge on any atom is 0.262 e. The molecule has 0 aliphatic carbocycles. The second-order valence-corrected chi connectivity index (χ2v) is 5.63. The molecule has 2 aromatic rings. The van der Waals surface area contributed by atoms with Gasteiger partial charge in [-0.25, -0.2) is 12.8 Å². The van der Waals surface area contributed by atoms with Crippen LogP contribution in [0.1, 0.15) is 0 Å². The predicted octanol–water partition coefficient (Wildman–Crippen LogP) is 2.34. The minimum absolute atomic E-state index is 0.0185. The molecule has 0 aromatic heterocycles. The van der Waals surface area contributed by atoms with E-state index >= 15 is 0 Å². The Balaban J connectivity index is 2.33. The van der Waals surface area contributed by atoms with Crippen LogP contribution < -0.4 is 9.46 Å². The van der Waals surface area contributed by atoms with Gasteiger partial charge in [-0.1, -0.05) is 6.07 Å². The fourth-order valence-corrected chi connectivity index (χ4v) is 2.67. The number of benzene rings is 2. The van der Waals surface area contributed by atoms with Gasteiger partial charge in [0, 0.05) is 6.07 Å². The first-order valence-electron chi connectivity index (χ1n) is 5.58. The molecule has 0 saturated carbocycles. The molecule has 0 radical (unpaired) electrons. The molecule has 0 unspecified atom stereocenters.